The fourth-order valence-corrected chi connectivity index (χ4v) is 3.86. The van der Waals surface area contributed by atoms with Gasteiger partial charge in [0.05, 0.1) is 12.6 Å². The van der Waals surface area contributed by atoms with Crippen molar-refractivity contribution < 1.29 is 9.90 Å². The lowest BCUT2D eigenvalue weighted by atomic mass is 10.0. The smallest absolute Gasteiger partial charge is 0.332 e. The van der Waals surface area contributed by atoms with Crippen LogP contribution in [0.4, 0.5) is 0 Å². The lowest BCUT2D eigenvalue weighted by Crippen LogP contribution is -2.45. The fraction of sp³-hybridized carbons (Fsp3) is 0.400. The number of likely N-dealkylation sites (tertiary alicyclic amines) is 1. The van der Waals surface area contributed by atoms with E-state index in [-0.39, 0.29) is 29.7 Å². The molecule has 0 bridgehead atoms. The molecule has 1 aliphatic heterocycles. The standard InChI is InChI=1S/C20H23N5O4/c1-23-17-15(19(28)24(2)20(23)29)21-16(22-17)12-6-8-13(9-7-12)18(27)25-10-4-3-5-14(25)11-26/h6-9,14,26H,3-5,10-11H2,1-2H3,(H,21,22). The van der Waals surface area contributed by atoms with E-state index in [0.29, 0.717) is 23.5 Å². The minimum absolute atomic E-state index is 0.0313. The van der Waals surface area contributed by atoms with Crippen molar-refractivity contribution in [1.82, 2.24) is 24.0 Å². The number of rotatable bonds is 3. The van der Waals surface area contributed by atoms with Crippen LogP contribution in [0, 0.1) is 0 Å². The van der Waals surface area contributed by atoms with E-state index in [1.807, 2.05) is 0 Å². The number of amides is 1. The number of nitrogens with one attached hydrogen (secondary N) is 1. The van der Waals surface area contributed by atoms with E-state index in [0.717, 1.165) is 23.8 Å². The van der Waals surface area contributed by atoms with Crippen LogP contribution in [0.15, 0.2) is 33.9 Å². The molecule has 0 aliphatic carbocycles. The number of aryl methyl sites for hydroxylation is 1. The molecule has 1 fully saturated rings. The van der Waals surface area contributed by atoms with Gasteiger partial charge in [-0.1, -0.05) is 12.1 Å². The van der Waals surface area contributed by atoms with Gasteiger partial charge in [-0.05, 0) is 31.4 Å². The van der Waals surface area contributed by atoms with Crippen molar-refractivity contribution in [2.75, 3.05) is 13.2 Å². The summed E-state index contributed by atoms with van der Waals surface area (Å²) in [6.45, 7) is 0.614. The highest BCUT2D eigenvalue weighted by Crippen LogP contribution is 2.22. The first-order valence-electron chi connectivity index (χ1n) is 9.60. The van der Waals surface area contributed by atoms with E-state index >= 15 is 0 Å². The second-order valence-electron chi connectivity index (χ2n) is 7.40. The zero-order valence-corrected chi connectivity index (χ0v) is 16.4. The molecule has 3 heterocycles. The Balaban J connectivity index is 1.67. The summed E-state index contributed by atoms with van der Waals surface area (Å²) in [5.74, 6) is 0.347. The Bertz CT molecular complexity index is 1190. The first kappa shape index (κ1) is 19.1. The molecule has 1 saturated heterocycles. The van der Waals surface area contributed by atoms with Crippen LogP contribution in [-0.2, 0) is 14.1 Å². The van der Waals surface area contributed by atoms with Crippen molar-refractivity contribution in [3.05, 3.63) is 50.7 Å². The highest BCUT2D eigenvalue weighted by molar-refractivity contribution is 5.95. The van der Waals surface area contributed by atoms with E-state index in [1.165, 1.54) is 11.6 Å². The van der Waals surface area contributed by atoms with Gasteiger partial charge in [0, 0.05) is 31.8 Å². The maximum atomic E-state index is 12.8. The molecule has 0 spiro atoms. The molecule has 2 aromatic heterocycles. The third kappa shape index (κ3) is 3.17. The van der Waals surface area contributed by atoms with Crippen LogP contribution in [0.2, 0.25) is 0 Å². The number of piperidine rings is 1. The van der Waals surface area contributed by atoms with Gasteiger partial charge >= 0.3 is 5.69 Å². The zero-order chi connectivity index (χ0) is 20.7. The Morgan fingerprint density at radius 2 is 1.90 bits per heavy atom. The Hall–Kier alpha value is -3.20. The molecule has 9 nitrogen and oxygen atoms in total. The van der Waals surface area contributed by atoms with Gasteiger partial charge in [0.1, 0.15) is 11.3 Å². The number of aromatic nitrogens is 4. The quantitative estimate of drug-likeness (QED) is 0.672. The molecule has 9 heteroatoms. The molecule has 3 aromatic rings. The molecule has 4 rings (SSSR count). The van der Waals surface area contributed by atoms with Crippen LogP contribution < -0.4 is 11.2 Å². The van der Waals surface area contributed by atoms with Gasteiger partial charge in [-0.2, -0.15) is 0 Å². The van der Waals surface area contributed by atoms with Crippen LogP contribution >= 0.6 is 0 Å². The van der Waals surface area contributed by atoms with Crippen molar-refractivity contribution in [2.24, 2.45) is 14.1 Å². The SMILES string of the molecule is Cn1c(=O)c2[nH]c(-c3ccc(C(=O)N4CCCCC4CO)cc3)nc2n(C)c1=O. The highest BCUT2D eigenvalue weighted by atomic mass is 16.3. The predicted octanol–water partition coefficient (Wildman–Crippen LogP) is 0.614. The van der Waals surface area contributed by atoms with E-state index in [1.54, 1.807) is 36.2 Å². The van der Waals surface area contributed by atoms with Crippen LogP contribution in [0.1, 0.15) is 29.6 Å². The molecular weight excluding hydrogens is 374 g/mol. The Morgan fingerprint density at radius 3 is 2.59 bits per heavy atom. The summed E-state index contributed by atoms with van der Waals surface area (Å²) >= 11 is 0. The van der Waals surface area contributed by atoms with Crippen molar-refractivity contribution in [3.8, 4) is 11.4 Å². The lowest BCUT2D eigenvalue weighted by Gasteiger charge is -2.34. The van der Waals surface area contributed by atoms with Gasteiger partial charge < -0.3 is 15.0 Å². The number of H-pyrrole nitrogens is 1. The minimum atomic E-state index is -0.443. The molecular formula is C20H23N5O4. The molecule has 2 N–H and O–H groups in total. The van der Waals surface area contributed by atoms with Crippen molar-refractivity contribution in [2.45, 2.75) is 25.3 Å². The molecule has 1 aromatic carbocycles. The van der Waals surface area contributed by atoms with Crippen LogP contribution in [-0.4, -0.2) is 54.2 Å². The highest BCUT2D eigenvalue weighted by Gasteiger charge is 2.27. The van der Waals surface area contributed by atoms with Gasteiger partial charge in [-0.15, -0.1) is 0 Å². The predicted molar refractivity (Wildman–Crippen MR) is 108 cm³/mol. The molecule has 29 heavy (non-hydrogen) atoms. The van der Waals surface area contributed by atoms with Crippen LogP contribution in [0.3, 0.4) is 0 Å². The zero-order valence-electron chi connectivity index (χ0n) is 16.4. The normalized spacial score (nSPS) is 17.1. The number of nitrogens with zero attached hydrogens (tertiary/aromatic N) is 4. The number of aliphatic hydroxyl groups is 1. The molecule has 1 aliphatic rings. The first-order chi connectivity index (χ1) is 13.9. The number of hydrogen-bond acceptors (Lipinski definition) is 5. The second-order valence-corrected chi connectivity index (χ2v) is 7.40. The third-order valence-corrected chi connectivity index (χ3v) is 5.60. The van der Waals surface area contributed by atoms with Gasteiger partial charge in [0.2, 0.25) is 0 Å². The summed E-state index contributed by atoms with van der Waals surface area (Å²) in [4.78, 5) is 46.4. The van der Waals surface area contributed by atoms with E-state index in [2.05, 4.69) is 9.97 Å². The maximum absolute atomic E-state index is 12.8. The van der Waals surface area contributed by atoms with Gasteiger partial charge in [-0.3, -0.25) is 18.7 Å². The second kappa shape index (κ2) is 7.32. The van der Waals surface area contributed by atoms with Crippen LogP contribution in [0.25, 0.3) is 22.6 Å². The minimum Gasteiger partial charge on any atom is -0.394 e. The molecule has 152 valence electrons. The summed E-state index contributed by atoms with van der Waals surface area (Å²) in [6.07, 6.45) is 2.77. The average Bonchev–Trinajstić information content (AvgIpc) is 3.21. The lowest BCUT2D eigenvalue weighted by molar-refractivity contribution is 0.0503. The number of benzene rings is 1. The average molecular weight is 397 g/mol. The first-order valence-corrected chi connectivity index (χ1v) is 9.60. The van der Waals surface area contributed by atoms with Crippen molar-refractivity contribution in [1.29, 1.82) is 0 Å². The molecule has 1 amide bonds. The number of carbonyl (C=O) groups is 1. The number of hydrogen-bond donors (Lipinski definition) is 2. The van der Waals surface area contributed by atoms with Crippen molar-refractivity contribution >= 4 is 17.1 Å². The largest absolute Gasteiger partial charge is 0.394 e. The Kier molecular flexibility index (Phi) is 4.83. The van der Waals surface area contributed by atoms with E-state index in [9.17, 15) is 19.5 Å². The van der Waals surface area contributed by atoms with Gasteiger partial charge in [0.15, 0.2) is 5.65 Å². The summed E-state index contributed by atoms with van der Waals surface area (Å²) < 4.78 is 2.35. The summed E-state index contributed by atoms with van der Waals surface area (Å²) in [5, 5.41) is 9.55. The van der Waals surface area contributed by atoms with Crippen molar-refractivity contribution in [3.63, 3.8) is 0 Å². The fourth-order valence-electron chi connectivity index (χ4n) is 3.86. The van der Waals surface area contributed by atoms with Gasteiger partial charge in [0.25, 0.3) is 11.5 Å². The Labute approximate surface area is 166 Å². The number of fused-ring (bicyclic) bond motifs is 1. The third-order valence-electron chi connectivity index (χ3n) is 5.60. The summed E-state index contributed by atoms with van der Waals surface area (Å²) in [7, 11) is 2.98. The summed E-state index contributed by atoms with van der Waals surface area (Å²) in [6, 6.07) is 6.80. The van der Waals surface area contributed by atoms with E-state index < -0.39 is 11.2 Å². The number of carbonyl (C=O) groups excluding carboxylic acids is 1. The number of aromatic amines is 1. The number of imidazole rings is 1. The topological polar surface area (TPSA) is 113 Å². The van der Waals surface area contributed by atoms with E-state index in [4.69, 9.17) is 0 Å². The molecule has 1 unspecified atom stereocenters. The van der Waals surface area contributed by atoms with Crippen LogP contribution in [0.5, 0.6) is 0 Å². The molecule has 0 saturated carbocycles. The monoisotopic (exact) mass is 397 g/mol. The summed E-state index contributed by atoms with van der Waals surface area (Å²) in [5.41, 5.74) is 0.893. The number of aliphatic hydroxyl groups excluding tert-OH is 1. The Morgan fingerprint density at radius 1 is 1.17 bits per heavy atom. The van der Waals surface area contributed by atoms with Gasteiger partial charge in [-0.25, -0.2) is 9.78 Å². The maximum Gasteiger partial charge on any atom is 0.332 e. The molecule has 1 atom stereocenters. The molecule has 0 radical (unpaired) electrons.